The van der Waals surface area contributed by atoms with Crippen LogP contribution in [0.5, 0.6) is 0 Å². The third kappa shape index (κ3) is 3.62. The smallest absolute Gasteiger partial charge is 0.273 e. The first-order valence-electron chi connectivity index (χ1n) is 6.14. The number of carbonyl (C=O) groups is 1. The zero-order valence-electron chi connectivity index (χ0n) is 10.8. The molecule has 1 aromatic carbocycles. The van der Waals surface area contributed by atoms with Crippen molar-refractivity contribution in [3.63, 3.8) is 0 Å². The summed E-state index contributed by atoms with van der Waals surface area (Å²) < 4.78 is 1.64. The van der Waals surface area contributed by atoms with Gasteiger partial charge in [-0.25, -0.2) is 4.68 Å². The van der Waals surface area contributed by atoms with E-state index in [1.807, 2.05) is 37.3 Å². The van der Waals surface area contributed by atoms with Crippen molar-refractivity contribution in [3.8, 4) is 0 Å². The second-order valence-corrected chi connectivity index (χ2v) is 4.40. The predicted molar refractivity (Wildman–Crippen MR) is 71.5 cm³/mol. The number of rotatable bonds is 5. The lowest BCUT2D eigenvalue weighted by molar-refractivity contribution is 0.0936. The van der Waals surface area contributed by atoms with Gasteiger partial charge in [-0.05, 0) is 12.5 Å². The lowest BCUT2D eigenvalue weighted by Crippen LogP contribution is -2.37. The number of amides is 1. The molecule has 6 heteroatoms. The largest absolute Gasteiger partial charge is 0.347 e. The van der Waals surface area contributed by atoms with Gasteiger partial charge in [-0.2, -0.15) is 0 Å². The fourth-order valence-electron chi connectivity index (χ4n) is 1.61. The second kappa shape index (κ2) is 6.10. The summed E-state index contributed by atoms with van der Waals surface area (Å²) in [6, 6.07) is 9.80. The average molecular weight is 259 g/mol. The molecule has 2 rings (SSSR count). The Balaban J connectivity index is 2.01. The molecule has 6 nitrogen and oxygen atoms in total. The molecule has 0 saturated carbocycles. The van der Waals surface area contributed by atoms with E-state index < -0.39 is 0 Å². The number of hydrogen-bond acceptors (Lipinski definition) is 4. The van der Waals surface area contributed by atoms with Gasteiger partial charge in [-0.3, -0.25) is 4.79 Å². The molecule has 1 amide bonds. The molecular formula is C13H17N5O. The molecule has 100 valence electrons. The second-order valence-electron chi connectivity index (χ2n) is 4.40. The maximum atomic E-state index is 11.8. The first-order valence-corrected chi connectivity index (χ1v) is 6.14. The van der Waals surface area contributed by atoms with E-state index in [9.17, 15) is 4.79 Å². The minimum absolute atomic E-state index is 0.0771. The van der Waals surface area contributed by atoms with Gasteiger partial charge in [0.05, 0.1) is 12.7 Å². The minimum Gasteiger partial charge on any atom is -0.347 e. The van der Waals surface area contributed by atoms with Gasteiger partial charge in [0.1, 0.15) is 0 Å². The van der Waals surface area contributed by atoms with Crippen LogP contribution in [-0.2, 0) is 6.54 Å². The fraction of sp³-hybridized carbons (Fsp3) is 0.308. The van der Waals surface area contributed by atoms with Crippen molar-refractivity contribution < 1.29 is 4.79 Å². The third-order valence-electron chi connectivity index (χ3n) is 2.69. The monoisotopic (exact) mass is 259 g/mol. The zero-order chi connectivity index (χ0) is 13.7. The van der Waals surface area contributed by atoms with E-state index in [-0.39, 0.29) is 11.9 Å². The molecule has 1 aromatic heterocycles. The molecule has 0 fully saturated rings. The van der Waals surface area contributed by atoms with Crippen LogP contribution in [0.25, 0.3) is 0 Å². The van der Waals surface area contributed by atoms with Gasteiger partial charge in [-0.1, -0.05) is 35.5 Å². The van der Waals surface area contributed by atoms with E-state index >= 15 is 0 Å². The molecular weight excluding hydrogens is 242 g/mol. The summed E-state index contributed by atoms with van der Waals surface area (Å²) in [6.45, 7) is 2.82. The van der Waals surface area contributed by atoms with Crippen molar-refractivity contribution in [1.29, 1.82) is 0 Å². The van der Waals surface area contributed by atoms with Crippen molar-refractivity contribution in [3.05, 3.63) is 47.8 Å². The van der Waals surface area contributed by atoms with Gasteiger partial charge in [0.15, 0.2) is 5.69 Å². The number of carbonyl (C=O) groups excluding carboxylic acids is 1. The molecule has 19 heavy (non-hydrogen) atoms. The Morgan fingerprint density at radius 3 is 2.84 bits per heavy atom. The Morgan fingerprint density at radius 1 is 1.42 bits per heavy atom. The number of nitrogens with one attached hydrogen (secondary N) is 1. The quantitative estimate of drug-likeness (QED) is 0.814. The van der Waals surface area contributed by atoms with Crippen LogP contribution in [0.4, 0.5) is 0 Å². The first-order chi connectivity index (χ1) is 9.19. The van der Waals surface area contributed by atoms with Crippen LogP contribution in [0.3, 0.4) is 0 Å². The summed E-state index contributed by atoms with van der Waals surface area (Å²) >= 11 is 0. The first kappa shape index (κ1) is 13.2. The summed E-state index contributed by atoms with van der Waals surface area (Å²) in [6.07, 6.45) is 1.63. The standard InChI is InChI=1S/C13H17N5O/c1-10(7-14)15-13(19)12-9-18(17-16-12)8-11-5-3-2-4-6-11/h2-6,9-10H,7-8,14H2,1H3,(H,15,19)/t10-/m0/s1. The van der Waals surface area contributed by atoms with Gasteiger partial charge < -0.3 is 11.1 Å². The van der Waals surface area contributed by atoms with Crippen LogP contribution in [0.15, 0.2) is 36.5 Å². The lowest BCUT2D eigenvalue weighted by Gasteiger charge is -2.08. The van der Waals surface area contributed by atoms with Crippen LogP contribution in [0.2, 0.25) is 0 Å². The Labute approximate surface area is 111 Å². The Hall–Kier alpha value is -2.21. The molecule has 2 aromatic rings. The molecule has 0 aliphatic heterocycles. The summed E-state index contributed by atoms with van der Waals surface area (Å²) in [5, 5.41) is 10.5. The van der Waals surface area contributed by atoms with Gasteiger partial charge in [0.2, 0.25) is 0 Å². The van der Waals surface area contributed by atoms with E-state index in [0.717, 1.165) is 5.56 Å². The van der Waals surface area contributed by atoms with E-state index in [1.165, 1.54) is 0 Å². The highest BCUT2D eigenvalue weighted by Gasteiger charge is 2.12. The molecule has 3 N–H and O–H groups in total. The van der Waals surface area contributed by atoms with Crippen molar-refractivity contribution in [2.45, 2.75) is 19.5 Å². The summed E-state index contributed by atoms with van der Waals surface area (Å²) in [7, 11) is 0. The van der Waals surface area contributed by atoms with Crippen molar-refractivity contribution >= 4 is 5.91 Å². The maximum absolute atomic E-state index is 11.8. The van der Waals surface area contributed by atoms with Crippen LogP contribution in [0, 0.1) is 0 Å². The molecule has 0 aliphatic carbocycles. The topological polar surface area (TPSA) is 85.8 Å². The normalized spacial score (nSPS) is 12.1. The predicted octanol–water partition coefficient (Wildman–Crippen LogP) is 0.403. The van der Waals surface area contributed by atoms with E-state index in [1.54, 1.807) is 10.9 Å². The highest BCUT2D eigenvalue weighted by Crippen LogP contribution is 2.02. The van der Waals surface area contributed by atoms with Crippen LogP contribution >= 0.6 is 0 Å². The SMILES string of the molecule is C[C@@H](CN)NC(=O)c1cn(Cc2ccccc2)nn1. The average Bonchev–Trinajstić information content (AvgIpc) is 2.88. The van der Waals surface area contributed by atoms with Crippen LogP contribution < -0.4 is 11.1 Å². The Bertz CT molecular complexity index is 537. The van der Waals surface area contributed by atoms with E-state index in [4.69, 9.17) is 5.73 Å². The summed E-state index contributed by atoms with van der Waals surface area (Å²) in [4.78, 5) is 11.8. The van der Waals surface area contributed by atoms with Crippen LogP contribution in [0.1, 0.15) is 23.0 Å². The molecule has 0 spiro atoms. The maximum Gasteiger partial charge on any atom is 0.273 e. The highest BCUT2D eigenvalue weighted by molar-refractivity contribution is 5.92. The van der Waals surface area contributed by atoms with E-state index in [2.05, 4.69) is 15.6 Å². The molecule has 1 atom stereocenters. The number of aromatic nitrogens is 3. The number of benzene rings is 1. The van der Waals surface area contributed by atoms with Crippen molar-refractivity contribution in [2.75, 3.05) is 6.54 Å². The molecule has 0 radical (unpaired) electrons. The third-order valence-corrected chi connectivity index (χ3v) is 2.69. The summed E-state index contributed by atoms with van der Waals surface area (Å²) in [5.41, 5.74) is 6.86. The molecule has 1 heterocycles. The number of nitrogens with two attached hydrogens (primary N) is 1. The molecule has 0 aliphatic rings. The number of hydrogen-bond donors (Lipinski definition) is 2. The van der Waals surface area contributed by atoms with Gasteiger partial charge in [0, 0.05) is 12.6 Å². The Morgan fingerprint density at radius 2 is 2.16 bits per heavy atom. The van der Waals surface area contributed by atoms with Crippen molar-refractivity contribution in [1.82, 2.24) is 20.3 Å². The van der Waals surface area contributed by atoms with Crippen LogP contribution in [-0.4, -0.2) is 33.5 Å². The van der Waals surface area contributed by atoms with Gasteiger partial charge >= 0.3 is 0 Å². The Kier molecular flexibility index (Phi) is 4.25. The van der Waals surface area contributed by atoms with Crippen molar-refractivity contribution in [2.24, 2.45) is 5.73 Å². The number of nitrogens with zero attached hydrogens (tertiary/aromatic N) is 3. The molecule has 0 unspecified atom stereocenters. The highest BCUT2D eigenvalue weighted by atomic mass is 16.2. The minimum atomic E-state index is -0.253. The molecule has 0 bridgehead atoms. The van der Waals surface area contributed by atoms with Gasteiger partial charge in [0.25, 0.3) is 5.91 Å². The van der Waals surface area contributed by atoms with E-state index in [0.29, 0.717) is 18.8 Å². The zero-order valence-corrected chi connectivity index (χ0v) is 10.8. The molecule has 0 saturated heterocycles. The fourth-order valence-corrected chi connectivity index (χ4v) is 1.61. The summed E-state index contributed by atoms with van der Waals surface area (Å²) in [5.74, 6) is -0.253. The lowest BCUT2D eigenvalue weighted by atomic mass is 10.2. The van der Waals surface area contributed by atoms with Gasteiger partial charge in [-0.15, -0.1) is 5.10 Å².